The number of benzene rings is 7. The minimum absolute atomic E-state index is 0.252. The highest BCUT2D eigenvalue weighted by atomic mass is 19.1. The largest absolute Gasteiger partial charge is 0.311 e. The van der Waals surface area contributed by atoms with Crippen molar-refractivity contribution in [2.24, 2.45) is 0 Å². The molecule has 8 rings (SSSR count). The molecule has 2 nitrogen and oxygen atoms in total. The Hall–Kier alpha value is -5.93. The minimum Gasteiger partial charge on any atom is -0.311 e. The lowest BCUT2D eigenvalue weighted by Gasteiger charge is -2.26. The molecule has 0 amide bonds. The third-order valence-electron chi connectivity index (χ3n) is 8.71. The SMILES string of the molecule is Cc1ccc2c3cc(-c4ccc(N(c5ccc(F)cc5)c5ccc(-c6ccccc6)cc5)cc4)ccc3n(-c3ccccc3)c2c1. The van der Waals surface area contributed by atoms with Gasteiger partial charge in [0.15, 0.2) is 0 Å². The van der Waals surface area contributed by atoms with Crippen LogP contribution in [0.25, 0.3) is 49.7 Å². The quantitative estimate of drug-likeness (QED) is 0.186. The van der Waals surface area contributed by atoms with Crippen LogP contribution >= 0.6 is 0 Å². The first kappa shape index (κ1) is 27.6. The fraction of sp³-hybridized carbons (Fsp3) is 0.0233. The average Bonchev–Trinajstić information content (AvgIpc) is 3.43. The summed E-state index contributed by atoms with van der Waals surface area (Å²) in [5.74, 6) is -0.252. The molecule has 0 N–H and O–H groups in total. The molecule has 1 aromatic heterocycles. The molecule has 8 aromatic rings. The van der Waals surface area contributed by atoms with Crippen molar-refractivity contribution < 1.29 is 4.39 Å². The van der Waals surface area contributed by atoms with Gasteiger partial charge in [-0.3, -0.25) is 0 Å². The molecule has 1 heterocycles. The van der Waals surface area contributed by atoms with Crippen LogP contribution in [0.3, 0.4) is 0 Å². The molecule has 46 heavy (non-hydrogen) atoms. The van der Waals surface area contributed by atoms with Crippen LogP contribution in [0.1, 0.15) is 5.56 Å². The molecule has 0 saturated heterocycles. The number of nitrogens with zero attached hydrogens (tertiary/aromatic N) is 2. The highest BCUT2D eigenvalue weighted by molar-refractivity contribution is 6.10. The minimum atomic E-state index is -0.252. The lowest BCUT2D eigenvalue weighted by atomic mass is 10.0. The molecular formula is C43H31FN2. The first-order valence-corrected chi connectivity index (χ1v) is 15.5. The highest BCUT2D eigenvalue weighted by Gasteiger charge is 2.16. The van der Waals surface area contributed by atoms with Gasteiger partial charge in [-0.05, 0) is 114 Å². The Morgan fingerprint density at radius 1 is 0.435 bits per heavy atom. The second kappa shape index (κ2) is 11.5. The van der Waals surface area contributed by atoms with Gasteiger partial charge in [0.1, 0.15) is 5.82 Å². The molecule has 3 heteroatoms. The Balaban J connectivity index is 1.19. The smallest absolute Gasteiger partial charge is 0.123 e. The van der Waals surface area contributed by atoms with E-state index < -0.39 is 0 Å². The van der Waals surface area contributed by atoms with E-state index in [0.29, 0.717) is 0 Å². The van der Waals surface area contributed by atoms with E-state index in [1.807, 2.05) is 18.2 Å². The van der Waals surface area contributed by atoms with Crippen molar-refractivity contribution in [1.29, 1.82) is 0 Å². The van der Waals surface area contributed by atoms with Crippen LogP contribution in [-0.4, -0.2) is 4.57 Å². The van der Waals surface area contributed by atoms with E-state index in [-0.39, 0.29) is 5.82 Å². The number of halogens is 1. The van der Waals surface area contributed by atoms with Crippen molar-refractivity contribution in [1.82, 2.24) is 4.57 Å². The van der Waals surface area contributed by atoms with Gasteiger partial charge in [-0.15, -0.1) is 0 Å². The summed E-state index contributed by atoms with van der Waals surface area (Å²) in [5, 5.41) is 2.47. The molecule has 0 fully saturated rings. The number of rotatable bonds is 6. The zero-order valence-electron chi connectivity index (χ0n) is 25.4. The summed E-state index contributed by atoms with van der Waals surface area (Å²) < 4.78 is 16.3. The average molecular weight is 595 g/mol. The number of aromatic nitrogens is 1. The predicted octanol–water partition coefficient (Wildman–Crippen LogP) is 12.0. The van der Waals surface area contributed by atoms with E-state index in [1.165, 1.54) is 45.1 Å². The fourth-order valence-corrected chi connectivity index (χ4v) is 6.44. The van der Waals surface area contributed by atoms with Crippen molar-refractivity contribution in [3.63, 3.8) is 0 Å². The van der Waals surface area contributed by atoms with Crippen molar-refractivity contribution >= 4 is 38.9 Å². The van der Waals surface area contributed by atoms with E-state index in [4.69, 9.17) is 0 Å². The van der Waals surface area contributed by atoms with Crippen molar-refractivity contribution in [2.45, 2.75) is 6.92 Å². The van der Waals surface area contributed by atoms with E-state index in [1.54, 1.807) is 0 Å². The van der Waals surface area contributed by atoms with Gasteiger partial charge >= 0.3 is 0 Å². The Morgan fingerprint density at radius 3 is 1.59 bits per heavy atom. The first-order chi connectivity index (χ1) is 22.6. The molecule has 0 unspecified atom stereocenters. The van der Waals surface area contributed by atoms with Crippen molar-refractivity contribution in [2.75, 3.05) is 4.90 Å². The molecule has 0 radical (unpaired) electrons. The summed E-state index contributed by atoms with van der Waals surface area (Å²) in [5.41, 5.74) is 12.3. The predicted molar refractivity (Wildman–Crippen MR) is 191 cm³/mol. The molecule has 0 bridgehead atoms. The molecule has 220 valence electrons. The number of anilines is 3. The van der Waals surface area contributed by atoms with Gasteiger partial charge in [0.05, 0.1) is 11.0 Å². The molecule has 7 aromatic carbocycles. The van der Waals surface area contributed by atoms with Crippen LogP contribution < -0.4 is 4.90 Å². The van der Waals surface area contributed by atoms with E-state index in [9.17, 15) is 4.39 Å². The molecule has 0 aliphatic heterocycles. The topological polar surface area (TPSA) is 8.17 Å². The molecule has 0 spiro atoms. The maximum Gasteiger partial charge on any atom is 0.123 e. The van der Waals surface area contributed by atoms with Crippen LogP contribution in [0.4, 0.5) is 21.5 Å². The first-order valence-electron chi connectivity index (χ1n) is 15.5. The fourth-order valence-electron chi connectivity index (χ4n) is 6.44. The van der Waals surface area contributed by atoms with Crippen molar-refractivity contribution in [3.8, 4) is 27.9 Å². The second-order valence-electron chi connectivity index (χ2n) is 11.7. The van der Waals surface area contributed by atoms with Gasteiger partial charge in [-0.25, -0.2) is 4.39 Å². The lowest BCUT2D eigenvalue weighted by Crippen LogP contribution is -2.09. The van der Waals surface area contributed by atoms with Crippen LogP contribution in [0, 0.1) is 12.7 Å². The maximum atomic E-state index is 13.9. The van der Waals surface area contributed by atoms with Gasteiger partial charge in [0, 0.05) is 33.5 Å². The van der Waals surface area contributed by atoms with Crippen LogP contribution in [-0.2, 0) is 0 Å². The lowest BCUT2D eigenvalue weighted by molar-refractivity contribution is 0.628. The van der Waals surface area contributed by atoms with Gasteiger partial charge in [0.25, 0.3) is 0 Å². The molecule has 0 aliphatic carbocycles. The van der Waals surface area contributed by atoms with Gasteiger partial charge in [-0.2, -0.15) is 0 Å². The third kappa shape index (κ3) is 5.02. The Morgan fingerprint density at radius 2 is 0.957 bits per heavy atom. The van der Waals surface area contributed by atoms with Crippen LogP contribution in [0.5, 0.6) is 0 Å². The highest BCUT2D eigenvalue weighted by Crippen LogP contribution is 2.38. The van der Waals surface area contributed by atoms with E-state index in [0.717, 1.165) is 39.4 Å². The third-order valence-corrected chi connectivity index (χ3v) is 8.71. The zero-order chi connectivity index (χ0) is 31.0. The zero-order valence-corrected chi connectivity index (χ0v) is 25.4. The molecule has 0 atom stereocenters. The summed E-state index contributed by atoms with van der Waals surface area (Å²) in [6.07, 6.45) is 0. The second-order valence-corrected chi connectivity index (χ2v) is 11.7. The summed E-state index contributed by atoms with van der Waals surface area (Å²) in [4.78, 5) is 2.16. The Bertz CT molecular complexity index is 2290. The number of hydrogen-bond acceptors (Lipinski definition) is 1. The summed E-state index contributed by atoms with van der Waals surface area (Å²) in [7, 11) is 0. The van der Waals surface area contributed by atoms with Gasteiger partial charge in [-0.1, -0.05) is 91.0 Å². The number of hydrogen-bond donors (Lipinski definition) is 0. The number of fused-ring (bicyclic) bond motifs is 3. The van der Waals surface area contributed by atoms with Crippen LogP contribution in [0.2, 0.25) is 0 Å². The number of aryl methyl sites for hydroxylation is 1. The molecule has 0 saturated carbocycles. The van der Waals surface area contributed by atoms with Gasteiger partial charge in [0.2, 0.25) is 0 Å². The Labute approximate surface area is 268 Å². The van der Waals surface area contributed by atoms with E-state index >= 15 is 0 Å². The van der Waals surface area contributed by atoms with Gasteiger partial charge < -0.3 is 9.47 Å². The maximum absolute atomic E-state index is 13.9. The number of para-hydroxylation sites is 1. The Kier molecular flexibility index (Phi) is 6.92. The summed E-state index contributed by atoms with van der Waals surface area (Å²) >= 11 is 0. The van der Waals surface area contributed by atoms with Crippen molar-refractivity contribution in [3.05, 3.63) is 181 Å². The molecular weight excluding hydrogens is 563 g/mol. The summed E-state index contributed by atoms with van der Waals surface area (Å²) in [6, 6.07) is 58.2. The molecule has 0 aliphatic rings. The normalized spacial score (nSPS) is 11.3. The van der Waals surface area contributed by atoms with Crippen LogP contribution in [0.15, 0.2) is 170 Å². The monoisotopic (exact) mass is 594 g/mol. The van der Waals surface area contributed by atoms with E-state index in [2.05, 4.69) is 156 Å². The summed E-state index contributed by atoms with van der Waals surface area (Å²) in [6.45, 7) is 2.15. The standard InChI is InChI=1S/C43H31FN2/c1-30-12-26-40-41-29-34(17-27-42(41)46(43(40)28-30)36-10-6-3-7-11-36)33-15-22-38(23-16-33)45(39-24-18-35(44)19-25-39)37-20-13-32(14-21-37)31-8-4-2-5-9-31/h2-29H,1H3.